The van der Waals surface area contributed by atoms with Crippen molar-refractivity contribution >= 4 is 38.7 Å². The molecular formula is C25H30N2O4S. The van der Waals surface area contributed by atoms with Gasteiger partial charge in [0.1, 0.15) is 5.75 Å². The van der Waals surface area contributed by atoms with Crippen molar-refractivity contribution in [3.05, 3.63) is 48.0 Å². The van der Waals surface area contributed by atoms with Gasteiger partial charge in [0.2, 0.25) is 5.91 Å². The summed E-state index contributed by atoms with van der Waals surface area (Å²) in [6.07, 6.45) is 7.83. The smallest absolute Gasteiger partial charge is 0.250 e. The van der Waals surface area contributed by atoms with Crippen LogP contribution in [0.25, 0.3) is 16.3 Å². The summed E-state index contributed by atoms with van der Waals surface area (Å²) < 4.78 is 17.8. The lowest BCUT2D eigenvalue weighted by molar-refractivity contribution is -0.111. The molecule has 0 unspecified atom stereocenters. The molecule has 0 bridgehead atoms. The molecule has 1 amide bonds. The molecule has 170 valence electrons. The molecule has 0 saturated carbocycles. The number of nitrogens with one attached hydrogen (secondary N) is 1. The molecule has 0 aliphatic rings. The van der Waals surface area contributed by atoms with E-state index < -0.39 is 0 Å². The van der Waals surface area contributed by atoms with Crippen LogP contribution in [0, 0.1) is 0 Å². The van der Waals surface area contributed by atoms with Gasteiger partial charge in [0, 0.05) is 6.08 Å². The SMILES string of the molecule is CCCCCCOc1ccc(/C=C/C(=O)Nc2nc3ccc(OCC)cc3s2)cc1OC. The zero-order valence-corrected chi connectivity index (χ0v) is 19.7. The number of hydrogen-bond acceptors (Lipinski definition) is 6. The minimum absolute atomic E-state index is 0.246. The minimum atomic E-state index is -0.246. The number of carbonyl (C=O) groups excluding carboxylic acids is 1. The number of unbranched alkanes of at least 4 members (excludes halogenated alkanes) is 3. The zero-order valence-electron chi connectivity index (χ0n) is 18.8. The van der Waals surface area contributed by atoms with Gasteiger partial charge < -0.3 is 14.2 Å². The van der Waals surface area contributed by atoms with E-state index in [0.717, 1.165) is 34.4 Å². The molecule has 0 aliphatic carbocycles. The topological polar surface area (TPSA) is 69.7 Å². The van der Waals surface area contributed by atoms with Crippen molar-refractivity contribution < 1.29 is 19.0 Å². The van der Waals surface area contributed by atoms with E-state index in [0.29, 0.717) is 29.8 Å². The highest BCUT2D eigenvalue weighted by molar-refractivity contribution is 7.22. The first kappa shape index (κ1) is 23.6. The quantitative estimate of drug-likeness (QED) is 0.256. The third-order valence-electron chi connectivity index (χ3n) is 4.77. The Hall–Kier alpha value is -3.06. The number of nitrogens with zero attached hydrogens (tertiary/aromatic N) is 1. The van der Waals surface area contributed by atoms with Crippen molar-refractivity contribution in [1.82, 2.24) is 4.98 Å². The Bertz CT molecular complexity index is 1060. The molecule has 0 saturated heterocycles. The molecule has 0 radical (unpaired) electrons. The normalized spacial score (nSPS) is 11.1. The van der Waals surface area contributed by atoms with Gasteiger partial charge in [0.15, 0.2) is 16.6 Å². The van der Waals surface area contributed by atoms with Crippen molar-refractivity contribution in [3.63, 3.8) is 0 Å². The third-order valence-corrected chi connectivity index (χ3v) is 5.70. The van der Waals surface area contributed by atoms with Crippen LogP contribution in [0.4, 0.5) is 5.13 Å². The summed E-state index contributed by atoms with van der Waals surface area (Å²) in [5.41, 5.74) is 1.67. The Morgan fingerprint density at radius 2 is 1.94 bits per heavy atom. The zero-order chi connectivity index (χ0) is 22.8. The highest BCUT2D eigenvalue weighted by Gasteiger charge is 2.08. The van der Waals surface area contributed by atoms with E-state index in [9.17, 15) is 4.79 Å². The van der Waals surface area contributed by atoms with E-state index in [1.54, 1.807) is 13.2 Å². The van der Waals surface area contributed by atoms with Gasteiger partial charge in [0.25, 0.3) is 0 Å². The van der Waals surface area contributed by atoms with E-state index in [1.165, 1.54) is 30.3 Å². The molecule has 3 rings (SSSR count). The maximum Gasteiger partial charge on any atom is 0.250 e. The summed E-state index contributed by atoms with van der Waals surface area (Å²) in [5.74, 6) is 1.92. The lowest BCUT2D eigenvalue weighted by Gasteiger charge is -2.11. The average Bonchev–Trinajstić information content (AvgIpc) is 3.19. The molecule has 7 heteroatoms. The number of hydrogen-bond donors (Lipinski definition) is 1. The number of methoxy groups -OCH3 is 1. The van der Waals surface area contributed by atoms with Crippen LogP contribution in [0.1, 0.15) is 45.1 Å². The summed E-state index contributed by atoms with van der Waals surface area (Å²) in [6.45, 7) is 5.41. The second kappa shape index (κ2) is 12.1. The molecule has 6 nitrogen and oxygen atoms in total. The number of benzene rings is 2. The number of rotatable bonds is 12. The molecule has 1 N–H and O–H groups in total. The molecule has 2 aromatic carbocycles. The molecule has 0 aliphatic heterocycles. The molecule has 32 heavy (non-hydrogen) atoms. The van der Waals surface area contributed by atoms with Crippen LogP contribution in [-0.2, 0) is 4.79 Å². The highest BCUT2D eigenvalue weighted by atomic mass is 32.1. The predicted octanol–water partition coefficient (Wildman–Crippen LogP) is 6.31. The summed E-state index contributed by atoms with van der Waals surface area (Å²) in [6, 6.07) is 11.3. The monoisotopic (exact) mass is 454 g/mol. The fraction of sp³-hybridized carbons (Fsp3) is 0.360. The van der Waals surface area contributed by atoms with Crippen LogP contribution in [0.3, 0.4) is 0 Å². The number of aromatic nitrogens is 1. The molecule has 0 atom stereocenters. The van der Waals surface area contributed by atoms with Crippen LogP contribution in [0.15, 0.2) is 42.5 Å². The standard InChI is InChI=1S/C25H30N2O4S/c1-4-6-7-8-15-31-21-13-9-18(16-22(21)29-3)10-14-24(28)27-25-26-20-12-11-19(30-5-2)17-23(20)32-25/h9-14,16-17H,4-8,15H2,1-3H3,(H,26,27,28)/b14-10+. The summed E-state index contributed by atoms with van der Waals surface area (Å²) in [7, 11) is 1.61. The van der Waals surface area contributed by atoms with Crippen LogP contribution in [0.5, 0.6) is 17.2 Å². The lowest BCUT2D eigenvalue weighted by atomic mass is 10.2. The van der Waals surface area contributed by atoms with Crippen molar-refractivity contribution in [2.24, 2.45) is 0 Å². The molecule has 0 fully saturated rings. The Labute approximate surface area is 193 Å². The van der Waals surface area contributed by atoms with Gasteiger partial charge in [-0.1, -0.05) is 43.6 Å². The first-order valence-electron chi connectivity index (χ1n) is 11.0. The van der Waals surface area contributed by atoms with Crippen molar-refractivity contribution in [1.29, 1.82) is 0 Å². The Kier molecular flexibility index (Phi) is 8.92. The fourth-order valence-corrected chi connectivity index (χ4v) is 4.05. The third kappa shape index (κ3) is 6.72. The summed E-state index contributed by atoms with van der Waals surface area (Å²) >= 11 is 1.41. The second-order valence-electron chi connectivity index (χ2n) is 7.22. The first-order valence-corrected chi connectivity index (χ1v) is 11.8. The summed E-state index contributed by atoms with van der Waals surface area (Å²) in [4.78, 5) is 16.8. The van der Waals surface area contributed by atoms with Crippen LogP contribution in [-0.4, -0.2) is 31.2 Å². The van der Waals surface area contributed by atoms with Gasteiger partial charge in [-0.2, -0.15) is 0 Å². The fourth-order valence-electron chi connectivity index (χ4n) is 3.15. The molecule has 1 aromatic heterocycles. The largest absolute Gasteiger partial charge is 0.494 e. The van der Waals surface area contributed by atoms with Crippen molar-refractivity contribution in [2.75, 3.05) is 25.6 Å². The number of amides is 1. The number of thiazole rings is 1. The first-order chi connectivity index (χ1) is 15.6. The van der Waals surface area contributed by atoms with Gasteiger partial charge in [-0.25, -0.2) is 4.98 Å². The minimum Gasteiger partial charge on any atom is -0.494 e. The Morgan fingerprint density at radius 3 is 2.72 bits per heavy atom. The average molecular weight is 455 g/mol. The maximum atomic E-state index is 12.4. The van der Waals surface area contributed by atoms with Crippen molar-refractivity contribution in [2.45, 2.75) is 39.5 Å². The van der Waals surface area contributed by atoms with E-state index in [4.69, 9.17) is 14.2 Å². The highest BCUT2D eigenvalue weighted by Crippen LogP contribution is 2.30. The van der Waals surface area contributed by atoms with Gasteiger partial charge in [-0.3, -0.25) is 10.1 Å². The Balaban J connectivity index is 1.59. The van der Waals surface area contributed by atoms with E-state index in [-0.39, 0.29) is 5.91 Å². The van der Waals surface area contributed by atoms with Gasteiger partial charge in [-0.15, -0.1) is 0 Å². The predicted molar refractivity (Wildman–Crippen MR) is 131 cm³/mol. The van der Waals surface area contributed by atoms with E-state index in [1.807, 2.05) is 43.3 Å². The van der Waals surface area contributed by atoms with Crippen LogP contribution in [0.2, 0.25) is 0 Å². The second-order valence-corrected chi connectivity index (χ2v) is 8.25. The van der Waals surface area contributed by atoms with Gasteiger partial charge in [-0.05, 0) is 55.3 Å². The van der Waals surface area contributed by atoms with Crippen molar-refractivity contribution in [3.8, 4) is 17.2 Å². The van der Waals surface area contributed by atoms with Crippen LogP contribution >= 0.6 is 11.3 Å². The van der Waals surface area contributed by atoms with Crippen LogP contribution < -0.4 is 19.5 Å². The number of fused-ring (bicyclic) bond motifs is 1. The maximum absolute atomic E-state index is 12.4. The molecule has 3 aromatic rings. The molecular weight excluding hydrogens is 424 g/mol. The summed E-state index contributed by atoms with van der Waals surface area (Å²) in [5, 5.41) is 3.37. The number of ether oxygens (including phenoxy) is 3. The lowest BCUT2D eigenvalue weighted by Crippen LogP contribution is -2.07. The molecule has 0 spiro atoms. The number of carbonyl (C=O) groups is 1. The Morgan fingerprint density at radius 1 is 1.06 bits per heavy atom. The van der Waals surface area contributed by atoms with E-state index >= 15 is 0 Å². The number of anilines is 1. The van der Waals surface area contributed by atoms with Gasteiger partial charge in [0.05, 0.1) is 30.5 Å². The van der Waals surface area contributed by atoms with E-state index in [2.05, 4.69) is 17.2 Å². The van der Waals surface area contributed by atoms with Gasteiger partial charge >= 0.3 is 0 Å². The molecule has 1 heterocycles.